The lowest BCUT2D eigenvalue weighted by Gasteiger charge is -2.10. The van der Waals surface area contributed by atoms with Crippen molar-refractivity contribution in [1.29, 1.82) is 5.26 Å². The van der Waals surface area contributed by atoms with E-state index in [1.807, 2.05) is 19.9 Å². The van der Waals surface area contributed by atoms with Crippen LogP contribution in [0, 0.1) is 11.3 Å². The second kappa shape index (κ2) is 6.57. The number of carbonyl (C=O) groups excluding carboxylic acids is 1. The number of nitriles is 1. The van der Waals surface area contributed by atoms with Crippen molar-refractivity contribution >= 4 is 5.91 Å². The number of pyridine rings is 1. The number of nitrogens with one attached hydrogen (secondary N) is 1. The molecule has 0 aliphatic carbocycles. The molecule has 1 rings (SSSR count). The zero-order chi connectivity index (χ0) is 13.5. The molecule has 0 unspecified atom stereocenters. The fraction of sp³-hybridized carbons (Fsp3) is 0.417. The molecule has 0 aliphatic heterocycles. The summed E-state index contributed by atoms with van der Waals surface area (Å²) in [6, 6.07) is 3.63. The number of hydrogen-bond donors (Lipinski definition) is 1. The van der Waals surface area contributed by atoms with E-state index in [9.17, 15) is 4.79 Å². The normalized spacial score (nSPS) is 9.94. The lowest BCUT2D eigenvalue weighted by Crippen LogP contribution is -2.20. The van der Waals surface area contributed by atoms with E-state index in [4.69, 9.17) is 14.8 Å². The largest absolute Gasteiger partial charge is 0.474 e. The highest BCUT2D eigenvalue weighted by Gasteiger charge is 2.08. The Morgan fingerprint density at radius 3 is 2.89 bits per heavy atom. The van der Waals surface area contributed by atoms with E-state index in [2.05, 4.69) is 10.5 Å². The van der Waals surface area contributed by atoms with Gasteiger partial charge in [-0.25, -0.2) is 10.5 Å². The lowest BCUT2D eigenvalue weighted by molar-refractivity contribution is -0.132. The van der Waals surface area contributed by atoms with Crippen molar-refractivity contribution in [3.8, 4) is 11.9 Å². The van der Waals surface area contributed by atoms with Gasteiger partial charge in [0.2, 0.25) is 11.8 Å². The molecule has 0 spiro atoms. The van der Waals surface area contributed by atoms with E-state index in [-0.39, 0.29) is 18.6 Å². The molecule has 0 saturated heterocycles. The van der Waals surface area contributed by atoms with Crippen LogP contribution in [0.4, 0.5) is 0 Å². The smallest absolute Gasteiger partial charge is 0.240 e. The van der Waals surface area contributed by atoms with Gasteiger partial charge in [-0.05, 0) is 19.9 Å². The first-order chi connectivity index (χ1) is 8.52. The average molecular weight is 249 g/mol. The molecule has 96 valence electrons. The van der Waals surface area contributed by atoms with E-state index in [0.717, 1.165) is 0 Å². The first-order valence-corrected chi connectivity index (χ1v) is 5.47. The average Bonchev–Trinajstić information content (AvgIpc) is 2.29. The van der Waals surface area contributed by atoms with E-state index in [1.54, 1.807) is 12.3 Å². The summed E-state index contributed by atoms with van der Waals surface area (Å²) < 4.78 is 5.39. The Kier molecular flexibility index (Phi) is 5.08. The van der Waals surface area contributed by atoms with Crippen molar-refractivity contribution in [1.82, 2.24) is 10.5 Å². The molecule has 0 fully saturated rings. The third-order valence-corrected chi connectivity index (χ3v) is 1.83. The lowest BCUT2D eigenvalue weighted by atomic mass is 10.2. The molecule has 6 heteroatoms. The Hall–Kier alpha value is -2.13. The molecule has 0 atom stereocenters. The summed E-state index contributed by atoms with van der Waals surface area (Å²) in [6.07, 6.45) is 1.49. The topological polar surface area (TPSA) is 84.2 Å². The number of hydrogen-bond acceptors (Lipinski definition) is 5. The van der Waals surface area contributed by atoms with Crippen molar-refractivity contribution in [2.24, 2.45) is 0 Å². The van der Waals surface area contributed by atoms with Crippen LogP contribution in [-0.2, 0) is 16.2 Å². The van der Waals surface area contributed by atoms with Crippen LogP contribution in [0.5, 0.6) is 5.88 Å². The minimum Gasteiger partial charge on any atom is -0.474 e. The standard InChI is InChI=1S/C12H15N3O3/c1-8(2)18-12-11(5-13)4-10(6-14-12)7-17-15-9(3)16/h4,6,8H,7H2,1-3H3,(H,15,16). The van der Waals surface area contributed by atoms with Crippen molar-refractivity contribution in [3.05, 3.63) is 23.4 Å². The van der Waals surface area contributed by atoms with Crippen molar-refractivity contribution in [2.45, 2.75) is 33.5 Å². The van der Waals surface area contributed by atoms with E-state index >= 15 is 0 Å². The summed E-state index contributed by atoms with van der Waals surface area (Å²) in [4.78, 5) is 19.6. The molecule has 1 amide bonds. The van der Waals surface area contributed by atoms with Gasteiger partial charge in [-0.1, -0.05) is 0 Å². The van der Waals surface area contributed by atoms with Crippen LogP contribution in [0.2, 0.25) is 0 Å². The molecular weight excluding hydrogens is 234 g/mol. The van der Waals surface area contributed by atoms with Crippen LogP contribution in [-0.4, -0.2) is 17.0 Å². The molecule has 1 aromatic rings. The summed E-state index contributed by atoms with van der Waals surface area (Å²) >= 11 is 0. The highest BCUT2D eigenvalue weighted by molar-refractivity contribution is 5.71. The van der Waals surface area contributed by atoms with Gasteiger partial charge in [-0.2, -0.15) is 5.26 Å². The molecule has 18 heavy (non-hydrogen) atoms. The van der Waals surface area contributed by atoms with Gasteiger partial charge in [0, 0.05) is 18.7 Å². The van der Waals surface area contributed by atoms with Crippen LogP contribution >= 0.6 is 0 Å². The van der Waals surface area contributed by atoms with Gasteiger partial charge in [0.05, 0.1) is 6.10 Å². The second-order valence-corrected chi connectivity index (χ2v) is 3.92. The number of aromatic nitrogens is 1. The predicted molar refractivity (Wildman–Crippen MR) is 63.3 cm³/mol. The van der Waals surface area contributed by atoms with Crippen molar-refractivity contribution in [3.63, 3.8) is 0 Å². The Labute approximate surface area is 105 Å². The number of carbonyl (C=O) groups is 1. The number of nitrogens with zero attached hydrogens (tertiary/aromatic N) is 2. The molecule has 1 aromatic heterocycles. The van der Waals surface area contributed by atoms with Gasteiger partial charge in [0.25, 0.3) is 0 Å². The highest BCUT2D eigenvalue weighted by atomic mass is 16.6. The van der Waals surface area contributed by atoms with Crippen LogP contribution in [0.1, 0.15) is 31.9 Å². The van der Waals surface area contributed by atoms with E-state index in [1.165, 1.54) is 6.92 Å². The first-order valence-electron chi connectivity index (χ1n) is 5.47. The maximum atomic E-state index is 10.6. The summed E-state index contributed by atoms with van der Waals surface area (Å²) in [6.45, 7) is 5.20. The molecule has 1 N–H and O–H groups in total. The van der Waals surface area contributed by atoms with Crippen molar-refractivity contribution < 1.29 is 14.4 Å². The quantitative estimate of drug-likeness (QED) is 0.795. The maximum absolute atomic E-state index is 10.6. The minimum absolute atomic E-state index is 0.0499. The molecule has 0 aliphatic rings. The maximum Gasteiger partial charge on any atom is 0.240 e. The van der Waals surface area contributed by atoms with Gasteiger partial charge in [0.15, 0.2) is 0 Å². The SMILES string of the molecule is CC(=O)NOCc1cnc(OC(C)C)c(C#N)c1. The second-order valence-electron chi connectivity index (χ2n) is 3.92. The summed E-state index contributed by atoms with van der Waals surface area (Å²) in [5.41, 5.74) is 3.22. The fourth-order valence-corrected chi connectivity index (χ4v) is 1.19. The Balaban J connectivity index is 2.73. The van der Waals surface area contributed by atoms with Crippen molar-refractivity contribution in [2.75, 3.05) is 0 Å². The third kappa shape index (κ3) is 4.39. The van der Waals surface area contributed by atoms with E-state index < -0.39 is 0 Å². The van der Waals surface area contributed by atoms with Crippen LogP contribution < -0.4 is 10.2 Å². The Morgan fingerprint density at radius 1 is 1.61 bits per heavy atom. The molecular formula is C12H15N3O3. The predicted octanol–water partition coefficient (Wildman–Crippen LogP) is 1.31. The Morgan fingerprint density at radius 2 is 2.33 bits per heavy atom. The van der Waals surface area contributed by atoms with Gasteiger partial charge in [-0.15, -0.1) is 0 Å². The van der Waals surface area contributed by atoms with Gasteiger partial charge in [0.1, 0.15) is 18.2 Å². The fourth-order valence-electron chi connectivity index (χ4n) is 1.19. The summed E-state index contributed by atoms with van der Waals surface area (Å²) in [5, 5.41) is 8.99. The number of hydroxylamine groups is 1. The molecule has 0 aromatic carbocycles. The molecule has 0 saturated carbocycles. The number of ether oxygens (including phenoxy) is 1. The zero-order valence-corrected chi connectivity index (χ0v) is 10.6. The molecule has 1 heterocycles. The third-order valence-electron chi connectivity index (χ3n) is 1.83. The monoisotopic (exact) mass is 249 g/mol. The van der Waals surface area contributed by atoms with E-state index in [0.29, 0.717) is 17.0 Å². The molecule has 0 bridgehead atoms. The Bertz CT molecular complexity index is 466. The molecule has 6 nitrogen and oxygen atoms in total. The van der Waals surface area contributed by atoms with Crippen LogP contribution in [0.15, 0.2) is 12.3 Å². The molecule has 0 radical (unpaired) electrons. The van der Waals surface area contributed by atoms with Crippen LogP contribution in [0.25, 0.3) is 0 Å². The van der Waals surface area contributed by atoms with Crippen LogP contribution in [0.3, 0.4) is 0 Å². The summed E-state index contributed by atoms with van der Waals surface area (Å²) in [5.74, 6) is 0.0130. The van der Waals surface area contributed by atoms with Gasteiger partial charge >= 0.3 is 0 Å². The van der Waals surface area contributed by atoms with Gasteiger partial charge in [-0.3, -0.25) is 9.63 Å². The number of amides is 1. The number of rotatable bonds is 5. The highest BCUT2D eigenvalue weighted by Crippen LogP contribution is 2.17. The summed E-state index contributed by atoms with van der Waals surface area (Å²) in [7, 11) is 0. The van der Waals surface area contributed by atoms with Gasteiger partial charge < -0.3 is 4.74 Å². The zero-order valence-electron chi connectivity index (χ0n) is 10.6. The minimum atomic E-state index is -0.289. The first kappa shape index (κ1) is 13.9.